The lowest BCUT2D eigenvalue weighted by Gasteiger charge is -2.34. The van der Waals surface area contributed by atoms with Crippen molar-refractivity contribution in [1.82, 2.24) is 14.9 Å². The van der Waals surface area contributed by atoms with E-state index in [-0.39, 0.29) is 29.7 Å². The summed E-state index contributed by atoms with van der Waals surface area (Å²) in [6.45, 7) is 3.63. The number of benzene rings is 1. The number of hydrogen-bond acceptors (Lipinski definition) is 8. The largest absolute Gasteiger partial charge is 0.494 e. The lowest BCUT2D eigenvalue weighted by Crippen LogP contribution is -2.44. The third-order valence-corrected chi connectivity index (χ3v) is 8.90. The first-order valence-electron chi connectivity index (χ1n) is 13.6. The number of carbonyl (C=O) groups is 1. The smallest absolute Gasteiger partial charge is 0.229 e. The molecule has 38 heavy (non-hydrogen) atoms. The maximum atomic E-state index is 12.2. The lowest BCUT2D eigenvalue weighted by molar-refractivity contribution is -0.122. The van der Waals surface area contributed by atoms with Gasteiger partial charge in [-0.3, -0.25) is 9.69 Å². The van der Waals surface area contributed by atoms with E-state index in [1.807, 2.05) is 6.07 Å². The average molecular weight is 539 g/mol. The molecule has 5 atom stereocenters. The number of anilines is 3. The lowest BCUT2D eigenvalue weighted by atomic mass is 9.88. The number of ether oxygens (including phenoxy) is 2. The highest BCUT2D eigenvalue weighted by molar-refractivity contribution is 6.32. The van der Waals surface area contributed by atoms with Crippen molar-refractivity contribution in [3.8, 4) is 5.75 Å². The second kappa shape index (κ2) is 10.7. The van der Waals surface area contributed by atoms with Gasteiger partial charge in [-0.05, 0) is 61.1 Å². The van der Waals surface area contributed by atoms with Gasteiger partial charge in [0.25, 0.3) is 0 Å². The highest BCUT2D eigenvalue weighted by atomic mass is 35.5. The van der Waals surface area contributed by atoms with Crippen molar-refractivity contribution in [1.29, 1.82) is 0 Å². The molecule has 10 heteroatoms. The van der Waals surface area contributed by atoms with Gasteiger partial charge in [-0.2, -0.15) is 4.98 Å². The number of hydrogen-bond donors (Lipinski definition) is 3. The van der Waals surface area contributed by atoms with Gasteiger partial charge >= 0.3 is 0 Å². The summed E-state index contributed by atoms with van der Waals surface area (Å²) in [4.78, 5) is 23.8. The van der Waals surface area contributed by atoms with Crippen LogP contribution in [-0.2, 0) is 22.4 Å². The summed E-state index contributed by atoms with van der Waals surface area (Å²) >= 11 is 6.47. The van der Waals surface area contributed by atoms with E-state index in [2.05, 4.69) is 43.7 Å². The van der Waals surface area contributed by atoms with Gasteiger partial charge in [0.15, 0.2) is 5.82 Å². The highest BCUT2D eigenvalue weighted by Crippen LogP contribution is 2.45. The minimum Gasteiger partial charge on any atom is -0.494 e. The van der Waals surface area contributed by atoms with Gasteiger partial charge < -0.3 is 25.8 Å². The zero-order valence-electron chi connectivity index (χ0n) is 21.7. The van der Waals surface area contributed by atoms with E-state index >= 15 is 0 Å². The number of nitrogens with zero attached hydrogens (tertiary/aromatic N) is 3. The number of halogens is 1. The molecule has 6 rings (SSSR count). The molecule has 4 aliphatic rings. The summed E-state index contributed by atoms with van der Waals surface area (Å²) in [5.74, 6) is 1.55. The Hall–Kier alpha value is -2.88. The van der Waals surface area contributed by atoms with Crippen LogP contribution in [0, 0.1) is 17.8 Å². The zero-order chi connectivity index (χ0) is 26.2. The van der Waals surface area contributed by atoms with Crippen molar-refractivity contribution in [3.63, 3.8) is 0 Å². The second-order valence-electron chi connectivity index (χ2n) is 10.7. The standard InChI is InChI=1S/C28H35ClN6O3/c1-37-25-20-4-2-3-19(35-9-11-38-12-10-35)14-16(20)7-8-22(25)32-28-31-15-21(29)27(34-28)33-24-18-6-5-17(13-18)23(24)26(30)36/h5-8,15,17-19,23-24H,2-4,9-14H2,1H3,(H2,30,36)(H2,31,32,33,34)/t17-,18+,19?,23+,24-/m1/s1. The van der Waals surface area contributed by atoms with E-state index in [0.717, 1.165) is 63.4 Å². The average Bonchev–Trinajstić information content (AvgIpc) is 3.46. The van der Waals surface area contributed by atoms with Gasteiger partial charge in [-0.25, -0.2) is 4.98 Å². The number of morpholine rings is 1. The molecule has 1 aliphatic heterocycles. The van der Waals surface area contributed by atoms with Crippen molar-refractivity contribution in [2.45, 2.75) is 44.2 Å². The Labute approximate surface area is 228 Å². The molecule has 2 bridgehead atoms. The van der Waals surface area contributed by atoms with Crippen LogP contribution < -0.4 is 21.1 Å². The first-order chi connectivity index (χ1) is 18.5. The van der Waals surface area contributed by atoms with Gasteiger partial charge in [0.2, 0.25) is 11.9 Å². The third kappa shape index (κ3) is 4.83. The molecule has 1 saturated carbocycles. The quantitative estimate of drug-likeness (QED) is 0.362. The van der Waals surface area contributed by atoms with Gasteiger partial charge in [0.05, 0.1) is 38.1 Å². The number of nitrogens with two attached hydrogens (primary N) is 1. The molecule has 1 aromatic heterocycles. The Morgan fingerprint density at radius 2 is 2.05 bits per heavy atom. The van der Waals surface area contributed by atoms with Crippen LogP contribution in [0.4, 0.5) is 17.5 Å². The molecule has 0 spiro atoms. The number of fused-ring (bicyclic) bond motifs is 3. The molecule has 202 valence electrons. The molecule has 1 amide bonds. The van der Waals surface area contributed by atoms with Gasteiger partial charge in [0, 0.05) is 25.2 Å². The number of carbonyl (C=O) groups excluding carboxylic acids is 1. The number of methoxy groups -OCH3 is 1. The molecule has 2 heterocycles. The predicted octanol–water partition coefficient (Wildman–Crippen LogP) is 3.55. The summed E-state index contributed by atoms with van der Waals surface area (Å²) in [5, 5.41) is 7.15. The SMILES string of the molecule is COc1c(Nc2ncc(Cl)c(N[C@H]3[C@@H](C(N)=O)[C@@H]4C=C[C@H]3C4)n2)ccc2c1CCCC(N1CCOCC1)C2. The maximum absolute atomic E-state index is 12.2. The molecule has 9 nitrogen and oxygen atoms in total. The molecule has 3 aliphatic carbocycles. The van der Waals surface area contributed by atoms with E-state index in [1.165, 1.54) is 17.5 Å². The molecular formula is C28H35ClN6O3. The molecular weight excluding hydrogens is 504 g/mol. The normalized spacial score (nSPS) is 28.5. The van der Waals surface area contributed by atoms with Crippen molar-refractivity contribution < 1.29 is 14.3 Å². The summed E-state index contributed by atoms with van der Waals surface area (Å²) in [6.07, 6.45) is 11.0. The predicted molar refractivity (Wildman–Crippen MR) is 147 cm³/mol. The van der Waals surface area contributed by atoms with E-state index in [4.69, 9.17) is 26.8 Å². The summed E-state index contributed by atoms with van der Waals surface area (Å²) in [5.41, 5.74) is 9.14. The van der Waals surface area contributed by atoms with Crippen molar-refractivity contribution in [2.24, 2.45) is 23.5 Å². The van der Waals surface area contributed by atoms with Crippen LogP contribution in [-0.4, -0.2) is 66.3 Å². The number of aromatic nitrogens is 2. The first-order valence-corrected chi connectivity index (χ1v) is 13.9. The Morgan fingerprint density at radius 1 is 1.24 bits per heavy atom. The summed E-state index contributed by atoms with van der Waals surface area (Å²) in [7, 11) is 1.72. The van der Waals surface area contributed by atoms with Crippen molar-refractivity contribution in [3.05, 3.63) is 46.6 Å². The Morgan fingerprint density at radius 3 is 2.84 bits per heavy atom. The van der Waals surface area contributed by atoms with Gasteiger partial charge in [0.1, 0.15) is 10.8 Å². The molecule has 1 saturated heterocycles. The molecule has 1 aromatic carbocycles. The number of primary amides is 1. The van der Waals surface area contributed by atoms with Crippen molar-refractivity contribution >= 4 is 35.0 Å². The summed E-state index contributed by atoms with van der Waals surface area (Å²) < 4.78 is 11.5. The van der Waals surface area contributed by atoms with Crippen molar-refractivity contribution in [2.75, 3.05) is 44.0 Å². The monoisotopic (exact) mass is 538 g/mol. The van der Waals surface area contributed by atoms with E-state index in [0.29, 0.717) is 22.8 Å². The molecule has 1 unspecified atom stereocenters. The molecule has 2 fully saturated rings. The van der Waals surface area contributed by atoms with E-state index in [1.54, 1.807) is 13.3 Å². The van der Waals surface area contributed by atoms with Gasteiger partial charge in [-0.1, -0.05) is 29.8 Å². The van der Waals surface area contributed by atoms with Crippen LogP contribution in [0.2, 0.25) is 5.02 Å². The Kier molecular flexibility index (Phi) is 7.16. The topological polar surface area (TPSA) is 115 Å². The van der Waals surface area contributed by atoms with Crippen LogP contribution in [0.1, 0.15) is 30.4 Å². The Bertz CT molecular complexity index is 1230. The fourth-order valence-corrected chi connectivity index (χ4v) is 6.95. The first kappa shape index (κ1) is 25.4. The fourth-order valence-electron chi connectivity index (χ4n) is 6.80. The van der Waals surface area contributed by atoms with E-state index < -0.39 is 0 Å². The molecule has 2 aromatic rings. The zero-order valence-corrected chi connectivity index (χ0v) is 22.4. The third-order valence-electron chi connectivity index (χ3n) is 8.63. The van der Waals surface area contributed by atoms with Crippen LogP contribution in [0.5, 0.6) is 5.75 Å². The van der Waals surface area contributed by atoms with Crippen LogP contribution in [0.25, 0.3) is 0 Å². The minimum absolute atomic E-state index is 0.135. The van der Waals surface area contributed by atoms with E-state index in [9.17, 15) is 4.79 Å². The Balaban J connectivity index is 1.22. The van der Waals surface area contributed by atoms with Crippen LogP contribution in [0.3, 0.4) is 0 Å². The highest BCUT2D eigenvalue weighted by Gasteiger charge is 2.47. The number of nitrogens with one attached hydrogen (secondary N) is 2. The minimum atomic E-state index is -0.298. The molecule has 0 radical (unpaired) electrons. The van der Waals surface area contributed by atoms with Gasteiger partial charge in [-0.15, -0.1) is 0 Å². The van der Waals surface area contributed by atoms with Crippen LogP contribution in [0.15, 0.2) is 30.5 Å². The maximum Gasteiger partial charge on any atom is 0.229 e. The number of rotatable bonds is 7. The fraction of sp³-hybridized carbons (Fsp3) is 0.536. The molecule has 4 N–H and O–H groups in total. The number of allylic oxidation sites excluding steroid dienone is 1. The second-order valence-corrected chi connectivity index (χ2v) is 11.2. The number of amides is 1. The summed E-state index contributed by atoms with van der Waals surface area (Å²) in [6, 6.07) is 4.65. The van der Waals surface area contributed by atoms with Crippen LogP contribution >= 0.6 is 11.6 Å².